The highest BCUT2D eigenvalue weighted by Gasteiger charge is 2.27. The Hall–Kier alpha value is -2.02. The van der Waals surface area contributed by atoms with Gasteiger partial charge in [0.1, 0.15) is 0 Å². The molecule has 0 aromatic heterocycles. The van der Waals surface area contributed by atoms with Crippen LogP contribution in [0.15, 0.2) is 24.3 Å². The van der Waals surface area contributed by atoms with E-state index in [1.165, 1.54) is 0 Å². The zero-order valence-electron chi connectivity index (χ0n) is 16.1. The van der Waals surface area contributed by atoms with Crippen LogP contribution in [0.3, 0.4) is 0 Å². The van der Waals surface area contributed by atoms with E-state index in [2.05, 4.69) is 5.32 Å². The van der Waals surface area contributed by atoms with Crippen LogP contribution >= 0.6 is 11.8 Å². The zero-order valence-corrected chi connectivity index (χ0v) is 16.9. The molecule has 148 valence electrons. The lowest BCUT2D eigenvalue weighted by Crippen LogP contribution is -2.40. The molecule has 0 radical (unpaired) electrons. The Bertz CT molecular complexity index is 667. The van der Waals surface area contributed by atoms with Crippen molar-refractivity contribution in [3.8, 4) is 0 Å². The average molecular weight is 393 g/mol. The number of amides is 2. The third-order valence-electron chi connectivity index (χ3n) is 4.74. The van der Waals surface area contributed by atoms with Gasteiger partial charge in [-0.1, -0.05) is 20.8 Å². The summed E-state index contributed by atoms with van der Waals surface area (Å²) >= 11 is 1.63. The van der Waals surface area contributed by atoms with Crippen molar-refractivity contribution < 1.29 is 19.5 Å². The Morgan fingerprint density at radius 3 is 2.26 bits per heavy atom. The second-order valence-corrected chi connectivity index (χ2v) is 8.51. The Kier molecular flexibility index (Phi) is 7.71. The third-order valence-corrected chi connectivity index (χ3v) is 6.19. The van der Waals surface area contributed by atoms with Crippen molar-refractivity contribution in [3.05, 3.63) is 29.8 Å². The fourth-order valence-corrected chi connectivity index (χ4v) is 4.13. The molecule has 1 atom stereocenters. The van der Waals surface area contributed by atoms with Gasteiger partial charge in [-0.05, 0) is 48.8 Å². The molecule has 1 heterocycles. The number of hydrogen-bond acceptors (Lipinski definition) is 4. The smallest absolute Gasteiger partial charge is 0.306 e. The number of rotatable bonds is 7. The lowest BCUT2D eigenvalue weighted by molar-refractivity contribution is -0.143. The lowest BCUT2D eigenvalue weighted by atomic mass is 9.96. The molecule has 1 aliphatic heterocycles. The standard InChI is InChI=1S/C20H28N2O4S/c1-4-27-17(13(2)3)18(23)21-16-7-5-14(6-8-16)19(24)22-11-9-15(10-12-22)20(25)26/h5-8,13,15,17H,4,9-12H2,1-3H3,(H,21,23)(H,25,26). The number of benzene rings is 1. The first-order valence-electron chi connectivity index (χ1n) is 9.38. The molecule has 1 aromatic rings. The van der Waals surface area contributed by atoms with E-state index in [0.29, 0.717) is 37.2 Å². The summed E-state index contributed by atoms with van der Waals surface area (Å²) in [6, 6.07) is 6.89. The second kappa shape index (κ2) is 9.78. The van der Waals surface area contributed by atoms with Gasteiger partial charge in [0.2, 0.25) is 5.91 Å². The largest absolute Gasteiger partial charge is 0.481 e. The number of carbonyl (C=O) groups is 3. The van der Waals surface area contributed by atoms with Crippen LogP contribution in [-0.4, -0.2) is 51.9 Å². The van der Waals surface area contributed by atoms with Crippen LogP contribution in [0.2, 0.25) is 0 Å². The molecular weight excluding hydrogens is 364 g/mol. The zero-order chi connectivity index (χ0) is 20.0. The summed E-state index contributed by atoms with van der Waals surface area (Å²) in [7, 11) is 0. The van der Waals surface area contributed by atoms with Crippen molar-refractivity contribution in [2.45, 2.75) is 38.9 Å². The van der Waals surface area contributed by atoms with Gasteiger partial charge in [-0.2, -0.15) is 0 Å². The summed E-state index contributed by atoms with van der Waals surface area (Å²) in [4.78, 5) is 37.7. The maximum atomic E-state index is 12.6. The first kappa shape index (κ1) is 21.3. The number of piperidine rings is 1. The van der Waals surface area contributed by atoms with Gasteiger partial charge in [-0.15, -0.1) is 11.8 Å². The Labute approximate surface area is 164 Å². The summed E-state index contributed by atoms with van der Waals surface area (Å²) in [5, 5.41) is 11.9. The van der Waals surface area contributed by atoms with Gasteiger partial charge in [-0.25, -0.2) is 0 Å². The molecule has 27 heavy (non-hydrogen) atoms. The van der Waals surface area contributed by atoms with Gasteiger partial charge in [0, 0.05) is 24.3 Å². The van der Waals surface area contributed by atoms with E-state index in [4.69, 9.17) is 5.11 Å². The van der Waals surface area contributed by atoms with Crippen molar-refractivity contribution in [2.75, 3.05) is 24.2 Å². The topological polar surface area (TPSA) is 86.7 Å². The maximum absolute atomic E-state index is 12.6. The van der Waals surface area contributed by atoms with E-state index >= 15 is 0 Å². The average Bonchev–Trinajstić information content (AvgIpc) is 2.65. The molecule has 1 fully saturated rings. The summed E-state index contributed by atoms with van der Waals surface area (Å²) in [5.74, 6) is -0.151. The number of thioether (sulfide) groups is 1. The second-order valence-electron chi connectivity index (χ2n) is 7.09. The van der Waals surface area contributed by atoms with E-state index < -0.39 is 5.97 Å². The fraction of sp³-hybridized carbons (Fsp3) is 0.550. The number of likely N-dealkylation sites (tertiary alicyclic amines) is 1. The number of aliphatic carboxylic acids is 1. The Morgan fingerprint density at radius 2 is 1.78 bits per heavy atom. The molecule has 2 rings (SSSR count). The predicted octanol–water partition coefficient (Wildman–Crippen LogP) is 3.34. The van der Waals surface area contributed by atoms with E-state index in [0.717, 1.165) is 5.75 Å². The predicted molar refractivity (Wildman–Crippen MR) is 108 cm³/mol. The molecular formula is C20H28N2O4S. The number of hydrogen-bond donors (Lipinski definition) is 2. The SMILES string of the molecule is CCSC(C(=O)Nc1ccc(C(=O)N2CCC(C(=O)O)CC2)cc1)C(C)C. The van der Waals surface area contributed by atoms with Crippen LogP contribution in [-0.2, 0) is 9.59 Å². The molecule has 7 heteroatoms. The first-order valence-corrected chi connectivity index (χ1v) is 10.4. The molecule has 2 amide bonds. The molecule has 1 saturated heterocycles. The van der Waals surface area contributed by atoms with Crippen LogP contribution in [0.25, 0.3) is 0 Å². The Balaban J connectivity index is 1.95. The molecule has 1 unspecified atom stereocenters. The van der Waals surface area contributed by atoms with Gasteiger partial charge < -0.3 is 15.3 Å². The van der Waals surface area contributed by atoms with Gasteiger partial charge in [0.15, 0.2) is 0 Å². The van der Waals surface area contributed by atoms with Gasteiger partial charge >= 0.3 is 5.97 Å². The summed E-state index contributed by atoms with van der Waals surface area (Å²) in [6.45, 7) is 7.01. The Morgan fingerprint density at radius 1 is 1.19 bits per heavy atom. The van der Waals surface area contributed by atoms with Gasteiger partial charge in [-0.3, -0.25) is 14.4 Å². The first-order chi connectivity index (χ1) is 12.8. The van der Waals surface area contributed by atoms with E-state index in [1.807, 2.05) is 20.8 Å². The normalized spacial score (nSPS) is 16.2. The summed E-state index contributed by atoms with van der Waals surface area (Å²) in [6.07, 6.45) is 0.974. The fourth-order valence-electron chi connectivity index (χ4n) is 3.17. The minimum Gasteiger partial charge on any atom is -0.481 e. The van der Waals surface area contributed by atoms with E-state index in [-0.39, 0.29) is 28.9 Å². The van der Waals surface area contributed by atoms with Crippen LogP contribution in [0.1, 0.15) is 44.0 Å². The quantitative estimate of drug-likeness (QED) is 0.743. The minimum absolute atomic E-state index is 0.0216. The number of anilines is 1. The molecule has 2 N–H and O–H groups in total. The van der Waals surface area contributed by atoms with Crippen molar-refractivity contribution in [3.63, 3.8) is 0 Å². The van der Waals surface area contributed by atoms with Gasteiger partial charge in [0.25, 0.3) is 5.91 Å². The summed E-state index contributed by atoms with van der Waals surface area (Å²) < 4.78 is 0. The third kappa shape index (κ3) is 5.73. The van der Waals surface area contributed by atoms with Crippen molar-refractivity contribution >= 4 is 35.2 Å². The highest BCUT2D eigenvalue weighted by molar-refractivity contribution is 8.00. The highest BCUT2D eigenvalue weighted by Crippen LogP contribution is 2.22. The number of carbonyl (C=O) groups excluding carboxylic acids is 2. The van der Waals surface area contributed by atoms with Crippen LogP contribution in [0.4, 0.5) is 5.69 Å². The number of carboxylic acids is 1. The van der Waals surface area contributed by atoms with E-state index in [1.54, 1.807) is 40.9 Å². The molecule has 6 nitrogen and oxygen atoms in total. The molecule has 0 saturated carbocycles. The number of nitrogens with one attached hydrogen (secondary N) is 1. The maximum Gasteiger partial charge on any atom is 0.306 e. The summed E-state index contributed by atoms with van der Waals surface area (Å²) in [5.41, 5.74) is 1.22. The monoisotopic (exact) mass is 392 g/mol. The van der Waals surface area contributed by atoms with Crippen molar-refractivity contribution in [2.24, 2.45) is 11.8 Å². The van der Waals surface area contributed by atoms with E-state index in [9.17, 15) is 14.4 Å². The van der Waals surface area contributed by atoms with Gasteiger partial charge in [0.05, 0.1) is 11.2 Å². The minimum atomic E-state index is -0.789. The van der Waals surface area contributed by atoms with Crippen LogP contribution in [0, 0.1) is 11.8 Å². The number of nitrogens with zero attached hydrogens (tertiary/aromatic N) is 1. The lowest BCUT2D eigenvalue weighted by Gasteiger charge is -2.30. The molecule has 0 aliphatic carbocycles. The van der Waals surface area contributed by atoms with Crippen LogP contribution < -0.4 is 5.32 Å². The number of carboxylic acid groups (broad SMARTS) is 1. The van der Waals surface area contributed by atoms with Crippen molar-refractivity contribution in [1.29, 1.82) is 0 Å². The molecule has 1 aliphatic rings. The molecule has 0 spiro atoms. The highest BCUT2D eigenvalue weighted by atomic mass is 32.2. The van der Waals surface area contributed by atoms with Crippen LogP contribution in [0.5, 0.6) is 0 Å². The molecule has 0 bridgehead atoms. The molecule has 1 aromatic carbocycles. The van der Waals surface area contributed by atoms with Crippen molar-refractivity contribution in [1.82, 2.24) is 4.90 Å².